The normalized spacial score (nSPS) is 24.0. The van der Waals surface area contributed by atoms with Crippen LogP contribution in [0.4, 0.5) is 0 Å². The van der Waals surface area contributed by atoms with Gasteiger partial charge >= 0.3 is 131 Å². The molecule has 2 nitrogen and oxygen atoms in total. The van der Waals surface area contributed by atoms with Gasteiger partial charge in [-0.25, -0.2) is 0 Å². The molecule has 0 unspecified atom stereocenters. The summed E-state index contributed by atoms with van der Waals surface area (Å²) in [6, 6.07) is 0. The van der Waals surface area contributed by atoms with Crippen molar-refractivity contribution in [2.24, 2.45) is 0 Å². The van der Waals surface area contributed by atoms with Crippen LogP contribution in [0.5, 0.6) is 0 Å². The molecule has 1 saturated heterocycles. The first-order valence-corrected chi connectivity index (χ1v) is 16.6. The van der Waals surface area contributed by atoms with Crippen LogP contribution in [0.25, 0.3) is 0 Å². The third-order valence-electron chi connectivity index (χ3n) is 4.94. The molecule has 2 atom stereocenters. The second kappa shape index (κ2) is 10.4. The quantitative estimate of drug-likeness (QED) is 0.456. The Morgan fingerprint density at radius 2 is 1.35 bits per heavy atom. The summed E-state index contributed by atoms with van der Waals surface area (Å²) in [5.74, 6) is 0. The molecule has 0 bridgehead atoms. The van der Waals surface area contributed by atoms with Gasteiger partial charge in [0.1, 0.15) is 0 Å². The van der Waals surface area contributed by atoms with Crippen molar-refractivity contribution in [2.75, 3.05) is 6.79 Å². The summed E-state index contributed by atoms with van der Waals surface area (Å²) in [5, 5.41) is 0. The Hall–Kier alpha value is 0.719. The van der Waals surface area contributed by atoms with E-state index in [0.29, 0.717) is 17.0 Å². The SMILES string of the molecule is CCC[CH2][Sn]([CH2]CCC)([CH2]CCC)[C@@H]1C[C@H](C)OCO1. The number of hydrogen-bond donors (Lipinski definition) is 0. The Bertz CT molecular complexity index is 223. The molecular formula is C17H36O2Sn. The van der Waals surface area contributed by atoms with Gasteiger partial charge in [-0.05, 0) is 0 Å². The second-order valence-electron chi connectivity index (χ2n) is 6.66. The summed E-state index contributed by atoms with van der Waals surface area (Å²) in [6.07, 6.45) is 9.90. The van der Waals surface area contributed by atoms with Crippen LogP contribution in [0.15, 0.2) is 0 Å². The van der Waals surface area contributed by atoms with Crippen molar-refractivity contribution in [2.45, 2.75) is 96.2 Å². The molecule has 0 aliphatic carbocycles. The Labute approximate surface area is 130 Å². The first-order chi connectivity index (χ1) is 9.68. The Morgan fingerprint density at radius 3 is 1.75 bits per heavy atom. The first kappa shape index (κ1) is 18.8. The molecule has 0 spiro atoms. The van der Waals surface area contributed by atoms with Gasteiger partial charge in [-0.15, -0.1) is 0 Å². The van der Waals surface area contributed by atoms with Crippen LogP contribution in [0, 0.1) is 0 Å². The van der Waals surface area contributed by atoms with Gasteiger partial charge in [0, 0.05) is 0 Å². The number of ether oxygens (including phenoxy) is 2. The summed E-state index contributed by atoms with van der Waals surface area (Å²) in [7, 11) is 0. The molecule has 0 amide bonds. The Balaban J connectivity index is 2.79. The van der Waals surface area contributed by atoms with Gasteiger partial charge in [0.25, 0.3) is 0 Å². The van der Waals surface area contributed by atoms with Crippen LogP contribution in [0.2, 0.25) is 13.3 Å². The van der Waals surface area contributed by atoms with Crippen molar-refractivity contribution in [3.8, 4) is 0 Å². The number of rotatable bonds is 10. The van der Waals surface area contributed by atoms with Crippen LogP contribution in [0.3, 0.4) is 0 Å². The van der Waals surface area contributed by atoms with Gasteiger partial charge < -0.3 is 0 Å². The van der Waals surface area contributed by atoms with Crippen molar-refractivity contribution in [1.82, 2.24) is 0 Å². The summed E-state index contributed by atoms with van der Waals surface area (Å²) >= 11 is -2.17. The molecule has 0 aromatic rings. The van der Waals surface area contributed by atoms with Crippen LogP contribution in [0.1, 0.15) is 72.6 Å². The molecule has 20 heavy (non-hydrogen) atoms. The van der Waals surface area contributed by atoms with Gasteiger partial charge in [0.05, 0.1) is 0 Å². The third kappa shape index (κ3) is 5.84. The molecule has 1 aliphatic heterocycles. The fourth-order valence-corrected chi connectivity index (χ4v) is 21.1. The molecule has 1 heterocycles. The van der Waals surface area contributed by atoms with Crippen molar-refractivity contribution in [1.29, 1.82) is 0 Å². The summed E-state index contributed by atoms with van der Waals surface area (Å²) < 4.78 is 17.1. The predicted octanol–water partition coefficient (Wildman–Crippen LogP) is 5.53. The molecule has 0 N–H and O–H groups in total. The topological polar surface area (TPSA) is 18.5 Å². The van der Waals surface area contributed by atoms with Gasteiger partial charge in [-0.2, -0.15) is 0 Å². The zero-order valence-corrected chi connectivity index (χ0v) is 17.1. The van der Waals surface area contributed by atoms with Crippen LogP contribution in [-0.4, -0.2) is 35.4 Å². The molecular weight excluding hydrogens is 355 g/mol. The van der Waals surface area contributed by atoms with E-state index >= 15 is 0 Å². The van der Waals surface area contributed by atoms with E-state index in [-0.39, 0.29) is 0 Å². The molecule has 0 aromatic carbocycles. The van der Waals surface area contributed by atoms with E-state index in [1.165, 1.54) is 44.9 Å². The van der Waals surface area contributed by atoms with Gasteiger partial charge in [0.2, 0.25) is 0 Å². The molecule has 120 valence electrons. The zero-order valence-electron chi connectivity index (χ0n) is 14.2. The van der Waals surface area contributed by atoms with Crippen LogP contribution in [-0.2, 0) is 9.47 Å². The molecule has 1 rings (SSSR count). The fourth-order valence-electron chi connectivity index (χ4n) is 3.55. The summed E-state index contributed by atoms with van der Waals surface area (Å²) in [6.45, 7) is 9.79. The number of unbranched alkanes of at least 4 members (excludes halogenated alkanes) is 3. The van der Waals surface area contributed by atoms with Crippen molar-refractivity contribution >= 4 is 18.4 Å². The van der Waals surface area contributed by atoms with E-state index in [4.69, 9.17) is 9.47 Å². The summed E-state index contributed by atoms with van der Waals surface area (Å²) in [4.78, 5) is 0. The van der Waals surface area contributed by atoms with Crippen molar-refractivity contribution < 1.29 is 9.47 Å². The van der Waals surface area contributed by atoms with E-state index in [0.717, 1.165) is 0 Å². The molecule has 0 saturated carbocycles. The molecule has 0 radical (unpaired) electrons. The van der Waals surface area contributed by atoms with Gasteiger partial charge in [0.15, 0.2) is 0 Å². The fraction of sp³-hybridized carbons (Fsp3) is 1.00. The van der Waals surface area contributed by atoms with E-state index in [1.54, 1.807) is 13.3 Å². The predicted molar refractivity (Wildman–Crippen MR) is 89.8 cm³/mol. The Kier molecular flexibility index (Phi) is 9.80. The monoisotopic (exact) mass is 392 g/mol. The van der Waals surface area contributed by atoms with Crippen molar-refractivity contribution in [3.63, 3.8) is 0 Å². The zero-order chi connectivity index (χ0) is 14.8. The van der Waals surface area contributed by atoms with Crippen LogP contribution >= 0.6 is 0 Å². The first-order valence-electron chi connectivity index (χ1n) is 8.91. The van der Waals surface area contributed by atoms with E-state index in [2.05, 4.69) is 27.7 Å². The minimum atomic E-state index is -2.17. The standard InChI is InChI=1S/C5H9O2.3C4H9.Sn/c1-5-2-3-6-4-7-5;3*1-3-4-2;/h3,5H,2,4H2,1H3;3*1,3-4H2,2H3;/t5-;;;;/m0..../s1. The van der Waals surface area contributed by atoms with E-state index in [9.17, 15) is 0 Å². The third-order valence-corrected chi connectivity index (χ3v) is 21.5. The minimum absolute atomic E-state index is 0.412. The van der Waals surface area contributed by atoms with E-state index in [1.807, 2.05) is 0 Å². The average molecular weight is 391 g/mol. The van der Waals surface area contributed by atoms with Crippen LogP contribution < -0.4 is 0 Å². The molecule has 0 aromatic heterocycles. The summed E-state index contributed by atoms with van der Waals surface area (Å²) in [5.41, 5.74) is 0. The molecule has 1 fully saturated rings. The Morgan fingerprint density at radius 1 is 0.850 bits per heavy atom. The van der Waals surface area contributed by atoms with Gasteiger partial charge in [-0.1, -0.05) is 0 Å². The van der Waals surface area contributed by atoms with Gasteiger partial charge in [-0.3, -0.25) is 0 Å². The average Bonchev–Trinajstić information content (AvgIpc) is 2.47. The molecule has 3 heteroatoms. The number of hydrogen-bond acceptors (Lipinski definition) is 2. The van der Waals surface area contributed by atoms with E-state index < -0.39 is 18.4 Å². The maximum atomic E-state index is 6.18. The van der Waals surface area contributed by atoms with Crippen molar-refractivity contribution in [3.05, 3.63) is 0 Å². The second-order valence-corrected chi connectivity index (χ2v) is 20.6. The molecule has 1 aliphatic rings. The maximum absolute atomic E-state index is 6.18.